The topological polar surface area (TPSA) is 69.4 Å². The highest BCUT2D eigenvalue weighted by molar-refractivity contribution is 6.74. The van der Waals surface area contributed by atoms with Crippen LogP contribution in [0.2, 0.25) is 18.1 Å². The fourth-order valence-corrected chi connectivity index (χ4v) is 2.41. The first kappa shape index (κ1) is 16.4. The minimum Gasteiger partial charge on any atom is -0.539 e. The maximum atomic E-state index is 11.4. The molecule has 0 atom stereocenters. The first-order valence-electron chi connectivity index (χ1n) is 6.44. The normalized spacial score (nSPS) is 12.1. The monoisotopic (exact) mass is 295 g/mol. The van der Waals surface area contributed by atoms with Crippen molar-refractivity contribution in [1.29, 1.82) is 0 Å². The highest BCUT2D eigenvalue weighted by atomic mass is 28.4. The van der Waals surface area contributed by atoms with Crippen LogP contribution in [0.3, 0.4) is 0 Å². The Morgan fingerprint density at radius 2 is 1.85 bits per heavy atom. The van der Waals surface area contributed by atoms with Crippen molar-refractivity contribution in [3.63, 3.8) is 0 Å². The van der Waals surface area contributed by atoms with E-state index < -0.39 is 13.2 Å². The van der Waals surface area contributed by atoms with E-state index in [1.807, 2.05) is 13.1 Å². The van der Waals surface area contributed by atoms with Gasteiger partial charge in [-0.3, -0.25) is 14.9 Å². The van der Waals surface area contributed by atoms with Gasteiger partial charge in [-0.25, -0.2) is 0 Å². The molecule has 0 fully saturated rings. The number of nitrogens with zero attached hydrogens (tertiary/aromatic N) is 1. The number of Topliss-reactive ketones (excluding diaryl/α,β-unsaturated/α-hetero) is 1. The second kappa shape index (κ2) is 5.36. The third-order valence-corrected chi connectivity index (χ3v) is 8.08. The highest BCUT2D eigenvalue weighted by Crippen LogP contribution is 2.40. The van der Waals surface area contributed by atoms with E-state index >= 15 is 0 Å². The van der Waals surface area contributed by atoms with Crippen molar-refractivity contribution in [3.05, 3.63) is 33.9 Å². The zero-order valence-electron chi connectivity index (χ0n) is 12.8. The third kappa shape index (κ3) is 3.44. The van der Waals surface area contributed by atoms with Crippen LogP contribution in [0.15, 0.2) is 18.2 Å². The van der Waals surface area contributed by atoms with Crippen LogP contribution in [-0.2, 0) is 0 Å². The molecule has 0 bridgehead atoms. The van der Waals surface area contributed by atoms with Gasteiger partial charge >= 0.3 is 5.69 Å². The minimum absolute atomic E-state index is 0.0763. The molecule has 6 heteroatoms. The molecular weight excluding hydrogens is 274 g/mol. The molecule has 0 N–H and O–H groups in total. The third-order valence-electron chi connectivity index (χ3n) is 3.73. The number of carbonyl (C=O) groups excluding carboxylic acids is 1. The maximum absolute atomic E-state index is 11.4. The van der Waals surface area contributed by atoms with Crippen molar-refractivity contribution in [2.45, 2.75) is 45.8 Å². The molecule has 5 nitrogen and oxygen atoms in total. The summed E-state index contributed by atoms with van der Waals surface area (Å²) in [5, 5.41) is 11.0. The molecule has 0 heterocycles. The van der Waals surface area contributed by atoms with Crippen LogP contribution < -0.4 is 4.43 Å². The molecule has 0 aromatic heterocycles. The molecule has 110 valence electrons. The molecule has 0 radical (unpaired) electrons. The van der Waals surface area contributed by atoms with Crippen LogP contribution in [0.25, 0.3) is 0 Å². The van der Waals surface area contributed by atoms with E-state index in [0.29, 0.717) is 5.56 Å². The van der Waals surface area contributed by atoms with Crippen molar-refractivity contribution in [2.24, 2.45) is 0 Å². The van der Waals surface area contributed by atoms with Gasteiger partial charge in [0, 0.05) is 11.6 Å². The number of rotatable bonds is 4. The van der Waals surface area contributed by atoms with Crippen LogP contribution in [0.5, 0.6) is 5.75 Å². The van der Waals surface area contributed by atoms with E-state index in [-0.39, 0.29) is 22.3 Å². The molecular formula is C14H21NO4Si. The van der Waals surface area contributed by atoms with Gasteiger partial charge in [0.25, 0.3) is 8.32 Å². The molecule has 1 rings (SSSR count). The van der Waals surface area contributed by atoms with E-state index in [1.165, 1.54) is 25.1 Å². The Bertz CT molecular complexity index is 547. The molecule has 0 amide bonds. The quantitative estimate of drug-likeness (QED) is 0.361. The fourth-order valence-electron chi connectivity index (χ4n) is 1.39. The first-order chi connectivity index (χ1) is 8.95. The van der Waals surface area contributed by atoms with Gasteiger partial charge in [-0.15, -0.1) is 0 Å². The minimum atomic E-state index is -2.20. The summed E-state index contributed by atoms with van der Waals surface area (Å²) in [6.07, 6.45) is 0. The smallest absolute Gasteiger partial charge is 0.309 e. The number of hydrogen-bond donors (Lipinski definition) is 0. The molecule has 1 aromatic rings. The van der Waals surface area contributed by atoms with Crippen LogP contribution in [0, 0.1) is 10.1 Å². The summed E-state index contributed by atoms with van der Waals surface area (Å²) in [6, 6.07) is 4.26. The summed E-state index contributed by atoms with van der Waals surface area (Å²) >= 11 is 0. The van der Waals surface area contributed by atoms with Gasteiger partial charge in [0.15, 0.2) is 11.5 Å². The van der Waals surface area contributed by atoms with E-state index in [1.54, 1.807) is 0 Å². The molecule has 0 aliphatic heterocycles. The summed E-state index contributed by atoms with van der Waals surface area (Å²) in [5.41, 5.74) is 0.323. The lowest BCUT2D eigenvalue weighted by Gasteiger charge is -2.36. The molecule has 0 saturated carbocycles. The van der Waals surface area contributed by atoms with E-state index in [2.05, 4.69) is 20.8 Å². The van der Waals surface area contributed by atoms with E-state index in [4.69, 9.17) is 4.43 Å². The van der Waals surface area contributed by atoms with Gasteiger partial charge in [0.1, 0.15) is 0 Å². The molecule has 0 saturated heterocycles. The second-order valence-electron chi connectivity index (χ2n) is 6.36. The standard InChI is InChI=1S/C14H21NO4Si/c1-10(16)11-7-8-12(15(17)18)13(9-11)19-20(5,6)14(2,3)4/h7-9H,1-6H3. The SMILES string of the molecule is CC(=O)c1ccc([N+](=O)[O-])c(O[Si](C)(C)C(C)(C)C)c1. The lowest BCUT2D eigenvalue weighted by atomic mass is 10.1. The Morgan fingerprint density at radius 1 is 1.30 bits per heavy atom. The van der Waals surface area contributed by atoms with Crippen LogP contribution in [-0.4, -0.2) is 19.0 Å². The van der Waals surface area contributed by atoms with Crippen LogP contribution in [0.1, 0.15) is 38.1 Å². The molecule has 0 aliphatic rings. The van der Waals surface area contributed by atoms with E-state index in [9.17, 15) is 14.9 Å². The summed E-state index contributed by atoms with van der Waals surface area (Å²) in [4.78, 5) is 22.0. The zero-order valence-corrected chi connectivity index (χ0v) is 13.8. The lowest BCUT2D eigenvalue weighted by molar-refractivity contribution is -0.385. The van der Waals surface area contributed by atoms with Gasteiger partial charge in [0.2, 0.25) is 0 Å². The molecule has 0 aliphatic carbocycles. The second-order valence-corrected chi connectivity index (χ2v) is 11.1. The average molecular weight is 295 g/mol. The summed E-state index contributed by atoms with van der Waals surface area (Å²) in [5.74, 6) is 0.0503. The molecule has 1 aromatic carbocycles. The van der Waals surface area contributed by atoms with Crippen molar-refractivity contribution in [1.82, 2.24) is 0 Å². The first-order valence-corrected chi connectivity index (χ1v) is 9.35. The number of carbonyl (C=O) groups is 1. The Labute approximate surface area is 120 Å². The Hall–Kier alpha value is -1.69. The van der Waals surface area contributed by atoms with Gasteiger partial charge in [0.05, 0.1) is 4.92 Å². The highest BCUT2D eigenvalue weighted by Gasteiger charge is 2.40. The number of nitro benzene ring substituents is 1. The number of benzene rings is 1. The predicted molar refractivity (Wildman–Crippen MR) is 80.9 cm³/mol. The summed E-state index contributed by atoms with van der Waals surface area (Å²) < 4.78 is 5.99. The molecule has 0 unspecified atom stereocenters. The van der Waals surface area contributed by atoms with Gasteiger partial charge in [-0.05, 0) is 37.2 Å². The Morgan fingerprint density at radius 3 is 2.25 bits per heavy atom. The lowest BCUT2D eigenvalue weighted by Crippen LogP contribution is -2.44. The van der Waals surface area contributed by atoms with Crippen LogP contribution >= 0.6 is 0 Å². The average Bonchev–Trinajstić information content (AvgIpc) is 2.26. The van der Waals surface area contributed by atoms with E-state index in [0.717, 1.165) is 0 Å². The maximum Gasteiger partial charge on any atom is 0.309 e. The van der Waals surface area contributed by atoms with Crippen molar-refractivity contribution in [3.8, 4) is 5.75 Å². The fraction of sp³-hybridized carbons (Fsp3) is 0.500. The number of ketones is 1. The largest absolute Gasteiger partial charge is 0.539 e. The summed E-state index contributed by atoms with van der Waals surface area (Å²) in [6.45, 7) is 11.6. The Balaban J connectivity index is 3.31. The summed E-state index contributed by atoms with van der Waals surface area (Å²) in [7, 11) is -2.20. The van der Waals surface area contributed by atoms with Crippen LogP contribution in [0.4, 0.5) is 5.69 Å². The van der Waals surface area contributed by atoms with Gasteiger partial charge in [-0.1, -0.05) is 20.8 Å². The van der Waals surface area contributed by atoms with Crippen molar-refractivity contribution >= 4 is 19.8 Å². The van der Waals surface area contributed by atoms with Gasteiger partial charge < -0.3 is 4.43 Å². The van der Waals surface area contributed by atoms with Crippen molar-refractivity contribution < 1.29 is 14.1 Å². The predicted octanol–water partition coefficient (Wildman–Crippen LogP) is 4.18. The molecule has 20 heavy (non-hydrogen) atoms. The van der Waals surface area contributed by atoms with Crippen molar-refractivity contribution in [2.75, 3.05) is 0 Å². The number of hydrogen-bond acceptors (Lipinski definition) is 4. The molecule has 0 spiro atoms. The van der Waals surface area contributed by atoms with Gasteiger partial charge in [-0.2, -0.15) is 0 Å². The zero-order chi connectivity index (χ0) is 15.7. The Kier molecular flexibility index (Phi) is 4.38. The number of nitro groups is 1.